The van der Waals surface area contributed by atoms with Crippen molar-refractivity contribution < 1.29 is 4.79 Å². The van der Waals surface area contributed by atoms with Gasteiger partial charge in [-0.15, -0.1) is 0 Å². The summed E-state index contributed by atoms with van der Waals surface area (Å²) in [5, 5.41) is 6.35. The Kier molecular flexibility index (Phi) is 5.51. The van der Waals surface area contributed by atoms with Gasteiger partial charge in [0.15, 0.2) is 0 Å². The summed E-state index contributed by atoms with van der Waals surface area (Å²) < 4.78 is 0. The second kappa shape index (κ2) is 8.39. The van der Waals surface area contributed by atoms with Crippen LogP contribution in [-0.2, 0) is 29.7 Å². The number of carbonyl (C=O) groups is 1. The minimum absolute atomic E-state index is 0.00462. The molecule has 0 radical (unpaired) electrons. The molecule has 1 unspecified atom stereocenters. The number of hydrogen-bond donors (Lipinski definition) is 2. The highest BCUT2D eigenvalue weighted by molar-refractivity contribution is 5.88. The molecule has 1 atom stereocenters. The van der Waals surface area contributed by atoms with E-state index in [1.807, 2.05) is 43.5 Å². The number of rotatable bonds is 6. The molecule has 0 saturated heterocycles. The number of amides is 1. The van der Waals surface area contributed by atoms with Crippen molar-refractivity contribution in [1.82, 2.24) is 20.3 Å². The molecule has 1 amide bonds. The highest BCUT2D eigenvalue weighted by Gasteiger charge is 2.40. The van der Waals surface area contributed by atoms with Crippen molar-refractivity contribution in [3.63, 3.8) is 0 Å². The van der Waals surface area contributed by atoms with E-state index >= 15 is 0 Å². The summed E-state index contributed by atoms with van der Waals surface area (Å²) in [6.07, 6.45) is 7.98. The predicted octanol–water partition coefficient (Wildman–Crippen LogP) is 3.39. The van der Waals surface area contributed by atoms with Gasteiger partial charge in [-0.1, -0.05) is 36.4 Å². The quantitative estimate of drug-likeness (QED) is 0.678. The van der Waals surface area contributed by atoms with Crippen LogP contribution in [0, 0.1) is 0 Å². The second-order valence-electron chi connectivity index (χ2n) is 7.64. The van der Waals surface area contributed by atoms with Gasteiger partial charge in [-0.3, -0.25) is 9.78 Å². The Morgan fingerprint density at radius 1 is 1.07 bits per heavy atom. The van der Waals surface area contributed by atoms with Crippen LogP contribution in [0.2, 0.25) is 0 Å². The summed E-state index contributed by atoms with van der Waals surface area (Å²) in [7, 11) is 0. The smallest absolute Gasteiger partial charge is 0.232 e. The van der Waals surface area contributed by atoms with Crippen LogP contribution in [0.1, 0.15) is 42.1 Å². The lowest BCUT2D eigenvalue weighted by atomic mass is 9.74. The maximum absolute atomic E-state index is 13.1. The van der Waals surface area contributed by atoms with Crippen molar-refractivity contribution >= 4 is 11.9 Å². The molecule has 4 rings (SSSR count). The molecular weight excluding hydrogens is 362 g/mol. The van der Waals surface area contributed by atoms with Crippen molar-refractivity contribution in [2.45, 2.75) is 44.7 Å². The number of aryl methyl sites for hydroxylation is 1. The summed E-state index contributed by atoms with van der Waals surface area (Å²) in [6.45, 7) is 3.09. The molecule has 0 aliphatic heterocycles. The highest BCUT2D eigenvalue weighted by atomic mass is 16.2. The van der Waals surface area contributed by atoms with Gasteiger partial charge in [-0.2, -0.15) is 0 Å². The third kappa shape index (κ3) is 4.26. The van der Waals surface area contributed by atoms with Crippen LogP contribution in [0.25, 0.3) is 0 Å². The Morgan fingerprint density at radius 3 is 2.69 bits per heavy atom. The number of carbonyl (C=O) groups excluding carboxylic acids is 1. The molecule has 1 aliphatic carbocycles. The maximum atomic E-state index is 13.1. The van der Waals surface area contributed by atoms with E-state index in [0.29, 0.717) is 19.0 Å². The Hall–Kier alpha value is -3.28. The number of anilines is 1. The second-order valence-corrected chi connectivity index (χ2v) is 7.64. The molecule has 2 heterocycles. The molecule has 2 aromatic heterocycles. The molecule has 0 spiro atoms. The number of aromatic nitrogens is 3. The van der Waals surface area contributed by atoms with E-state index in [-0.39, 0.29) is 5.91 Å². The lowest BCUT2D eigenvalue weighted by Crippen LogP contribution is -2.45. The maximum Gasteiger partial charge on any atom is 0.232 e. The molecule has 29 heavy (non-hydrogen) atoms. The normalized spacial score (nSPS) is 18.0. The van der Waals surface area contributed by atoms with Crippen molar-refractivity contribution in [2.75, 3.05) is 5.32 Å². The standard InChI is InChI=1S/C23H25N5O/c1-23(21(29)25-15-18-9-6-12-24-13-18)11-5-10-19-16-27-22(28-20(19)23)26-14-17-7-3-2-4-8-17/h2-4,6-9,12-13,16H,5,10-11,14-15H2,1H3,(H,25,29)(H,26,27,28). The summed E-state index contributed by atoms with van der Waals surface area (Å²) in [4.78, 5) is 26.5. The first-order valence-electron chi connectivity index (χ1n) is 9.96. The van der Waals surface area contributed by atoms with Crippen LogP contribution < -0.4 is 10.6 Å². The van der Waals surface area contributed by atoms with Crippen LogP contribution >= 0.6 is 0 Å². The predicted molar refractivity (Wildman–Crippen MR) is 112 cm³/mol. The van der Waals surface area contributed by atoms with Gasteiger partial charge in [0.05, 0.1) is 11.1 Å². The minimum atomic E-state index is -0.665. The molecular formula is C23H25N5O. The molecule has 2 N–H and O–H groups in total. The van der Waals surface area contributed by atoms with Crippen molar-refractivity contribution in [2.24, 2.45) is 0 Å². The Morgan fingerprint density at radius 2 is 1.90 bits per heavy atom. The zero-order valence-corrected chi connectivity index (χ0v) is 16.6. The van der Waals surface area contributed by atoms with Gasteiger partial charge in [-0.05, 0) is 48.9 Å². The van der Waals surface area contributed by atoms with Gasteiger partial charge < -0.3 is 10.6 Å². The first-order chi connectivity index (χ1) is 14.1. The molecule has 148 valence electrons. The lowest BCUT2D eigenvalue weighted by Gasteiger charge is -2.33. The van der Waals surface area contributed by atoms with Crippen molar-refractivity contribution in [3.05, 3.63) is 83.4 Å². The molecule has 0 saturated carbocycles. The molecule has 1 aliphatic rings. The average molecular weight is 387 g/mol. The molecule has 0 bridgehead atoms. The molecule has 1 aromatic carbocycles. The summed E-state index contributed by atoms with van der Waals surface area (Å²) in [6, 6.07) is 14.0. The third-order valence-electron chi connectivity index (χ3n) is 5.48. The van der Waals surface area contributed by atoms with E-state index in [1.54, 1.807) is 12.4 Å². The largest absolute Gasteiger partial charge is 0.351 e. The SMILES string of the molecule is CC1(C(=O)NCc2cccnc2)CCCc2cnc(NCc3ccccc3)nc21. The van der Waals surface area contributed by atoms with Gasteiger partial charge in [0.25, 0.3) is 0 Å². The van der Waals surface area contributed by atoms with E-state index < -0.39 is 5.41 Å². The fourth-order valence-electron chi connectivity index (χ4n) is 3.78. The van der Waals surface area contributed by atoms with Crippen LogP contribution in [0.4, 0.5) is 5.95 Å². The van der Waals surface area contributed by atoms with Crippen molar-refractivity contribution in [1.29, 1.82) is 0 Å². The number of hydrogen-bond acceptors (Lipinski definition) is 5. The van der Waals surface area contributed by atoms with E-state index in [2.05, 4.69) is 32.7 Å². The van der Waals surface area contributed by atoms with Gasteiger partial charge in [-0.25, -0.2) is 9.97 Å². The molecule has 6 nitrogen and oxygen atoms in total. The first kappa shape index (κ1) is 19.1. The van der Waals surface area contributed by atoms with E-state index in [1.165, 1.54) is 0 Å². The Balaban J connectivity index is 1.51. The number of benzene rings is 1. The minimum Gasteiger partial charge on any atom is -0.351 e. The van der Waals surface area contributed by atoms with Gasteiger partial charge in [0.2, 0.25) is 11.9 Å². The number of nitrogens with one attached hydrogen (secondary N) is 2. The summed E-state index contributed by atoms with van der Waals surface area (Å²) in [5.41, 5.74) is 3.36. The van der Waals surface area contributed by atoms with E-state index in [0.717, 1.165) is 41.6 Å². The number of nitrogens with zero attached hydrogens (tertiary/aromatic N) is 3. The summed E-state index contributed by atoms with van der Waals surface area (Å²) >= 11 is 0. The van der Waals surface area contributed by atoms with Crippen LogP contribution in [0.5, 0.6) is 0 Å². The van der Waals surface area contributed by atoms with Crippen LogP contribution in [-0.4, -0.2) is 20.9 Å². The van der Waals surface area contributed by atoms with E-state index in [9.17, 15) is 4.79 Å². The Labute approximate surface area is 170 Å². The number of fused-ring (bicyclic) bond motifs is 1. The lowest BCUT2D eigenvalue weighted by molar-refractivity contribution is -0.127. The van der Waals surface area contributed by atoms with Gasteiger partial charge in [0.1, 0.15) is 0 Å². The number of pyridine rings is 1. The monoisotopic (exact) mass is 387 g/mol. The first-order valence-corrected chi connectivity index (χ1v) is 9.96. The van der Waals surface area contributed by atoms with Crippen molar-refractivity contribution in [3.8, 4) is 0 Å². The summed E-state index contributed by atoms with van der Waals surface area (Å²) in [5.74, 6) is 0.552. The van der Waals surface area contributed by atoms with Crippen LogP contribution in [0.15, 0.2) is 61.1 Å². The highest BCUT2D eigenvalue weighted by Crippen LogP contribution is 2.36. The zero-order chi connectivity index (χ0) is 20.1. The van der Waals surface area contributed by atoms with Crippen LogP contribution in [0.3, 0.4) is 0 Å². The fraction of sp³-hybridized carbons (Fsp3) is 0.304. The average Bonchev–Trinajstić information content (AvgIpc) is 2.78. The third-order valence-corrected chi connectivity index (χ3v) is 5.48. The fourth-order valence-corrected chi connectivity index (χ4v) is 3.78. The molecule has 0 fully saturated rings. The molecule has 6 heteroatoms. The topological polar surface area (TPSA) is 79.8 Å². The zero-order valence-electron chi connectivity index (χ0n) is 16.6. The van der Waals surface area contributed by atoms with Gasteiger partial charge >= 0.3 is 0 Å². The Bertz CT molecular complexity index is 977. The van der Waals surface area contributed by atoms with E-state index in [4.69, 9.17) is 4.98 Å². The van der Waals surface area contributed by atoms with Gasteiger partial charge in [0, 0.05) is 31.7 Å². The molecule has 3 aromatic rings.